The molecule has 1 amide bonds. The number of hydrogen-bond donors (Lipinski definition) is 2. The quantitative estimate of drug-likeness (QED) is 0.561. The number of terminal acetylenes is 1. The number of thiazole rings is 1. The minimum absolute atomic E-state index is 0.139. The van der Waals surface area contributed by atoms with E-state index in [0.717, 1.165) is 26.2 Å². The normalized spacial score (nSPS) is 17.5. The Hall–Kier alpha value is -2.33. The van der Waals surface area contributed by atoms with Gasteiger partial charge in [0.2, 0.25) is 0 Å². The summed E-state index contributed by atoms with van der Waals surface area (Å²) in [6.45, 7) is 2.42. The Balaban J connectivity index is 1.30. The number of thiophene rings is 1. The zero-order valence-corrected chi connectivity index (χ0v) is 18.9. The molecule has 2 aromatic heterocycles. The number of hydrogen-bond acceptors (Lipinski definition) is 8. The molecule has 1 fully saturated rings. The number of hydrazine groups is 1. The van der Waals surface area contributed by atoms with Crippen LogP contribution in [0.25, 0.3) is 10.1 Å². The number of rotatable bonds is 3. The van der Waals surface area contributed by atoms with Crippen LogP contribution in [0, 0.1) is 12.3 Å². The van der Waals surface area contributed by atoms with E-state index >= 15 is 0 Å². The van der Waals surface area contributed by atoms with Crippen LogP contribution in [0.3, 0.4) is 0 Å². The number of amides is 1. The molecule has 31 heavy (non-hydrogen) atoms. The lowest BCUT2D eigenvalue weighted by molar-refractivity contribution is 0.0697. The van der Waals surface area contributed by atoms with Gasteiger partial charge in [0.05, 0.1) is 12.2 Å². The van der Waals surface area contributed by atoms with Gasteiger partial charge < -0.3 is 4.90 Å². The summed E-state index contributed by atoms with van der Waals surface area (Å²) in [6.07, 6.45) is 5.44. The predicted molar refractivity (Wildman–Crippen MR) is 120 cm³/mol. The summed E-state index contributed by atoms with van der Waals surface area (Å²) in [6, 6.07) is 7.16. The maximum Gasteiger partial charge on any atom is 0.282 e. The largest absolute Gasteiger partial charge is 0.334 e. The van der Waals surface area contributed by atoms with Crippen molar-refractivity contribution in [2.75, 3.05) is 26.2 Å². The van der Waals surface area contributed by atoms with Gasteiger partial charge in [0.25, 0.3) is 15.9 Å². The Kier molecular flexibility index (Phi) is 5.29. The molecule has 160 valence electrons. The molecular formula is C20H19N5O3S3. The number of aromatic nitrogens is 1. The van der Waals surface area contributed by atoms with Gasteiger partial charge in [-0.15, -0.1) is 29.1 Å². The Bertz CT molecular complexity index is 1290. The molecule has 0 atom stereocenters. The molecule has 4 heterocycles. The summed E-state index contributed by atoms with van der Waals surface area (Å²) in [5.41, 5.74) is 7.67. The van der Waals surface area contributed by atoms with Crippen molar-refractivity contribution in [2.45, 2.75) is 17.3 Å². The van der Waals surface area contributed by atoms with Gasteiger partial charge in [0, 0.05) is 47.9 Å². The van der Waals surface area contributed by atoms with Crippen LogP contribution >= 0.6 is 22.7 Å². The fraction of sp³-hybridized carbons (Fsp3) is 0.300. The Morgan fingerprint density at radius 1 is 1.10 bits per heavy atom. The zero-order chi connectivity index (χ0) is 21.6. The summed E-state index contributed by atoms with van der Waals surface area (Å²) >= 11 is 2.62. The summed E-state index contributed by atoms with van der Waals surface area (Å²) in [5.74, 6) is 2.43. The molecule has 1 aromatic carbocycles. The lowest BCUT2D eigenvalue weighted by Gasteiger charge is -2.33. The van der Waals surface area contributed by atoms with Gasteiger partial charge >= 0.3 is 0 Å². The van der Waals surface area contributed by atoms with Gasteiger partial charge in [-0.25, -0.2) is 13.4 Å². The first-order valence-electron chi connectivity index (χ1n) is 9.69. The number of fused-ring (bicyclic) bond motifs is 2. The highest BCUT2D eigenvalue weighted by atomic mass is 32.2. The lowest BCUT2D eigenvalue weighted by Crippen LogP contribution is -2.50. The molecule has 0 radical (unpaired) electrons. The molecule has 0 bridgehead atoms. The molecular weight excluding hydrogens is 454 g/mol. The number of carbonyl (C=O) groups is 1. The van der Waals surface area contributed by atoms with Crippen molar-refractivity contribution in [1.29, 1.82) is 0 Å². The zero-order valence-electron chi connectivity index (χ0n) is 16.4. The van der Waals surface area contributed by atoms with E-state index in [0.29, 0.717) is 35.4 Å². The van der Waals surface area contributed by atoms with E-state index < -0.39 is 10.0 Å². The molecule has 3 aromatic rings. The first-order valence-corrected chi connectivity index (χ1v) is 12.8. The van der Waals surface area contributed by atoms with Crippen molar-refractivity contribution < 1.29 is 13.2 Å². The number of benzene rings is 1. The van der Waals surface area contributed by atoms with Crippen LogP contribution in [0.2, 0.25) is 0 Å². The van der Waals surface area contributed by atoms with E-state index in [4.69, 9.17) is 6.42 Å². The van der Waals surface area contributed by atoms with Gasteiger partial charge in [-0.2, -0.15) is 4.31 Å². The minimum atomic E-state index is -3.63. The number of piperazine rings is 1. The van der Waals surface area contributed by atoms with Gasteiger partial charge in [-0.1, -0.05) is 12.0 Å². The van der Waals surface area contributed by atoms with Crippen molar-refractivity contribution in [3.8, 4) is 12.3 Å². The topological polar surface area (TPSA) is 94.6 Å². The van der Waals surface area contributed by atoms with Crippen molar-refractivity contribution in [3.05, 3.63) is 45.4 Å². The van der Waals surface area contributed by atoms with E-state index in [1.54, 1.807) is 17.0 Å². The number of sulfonamides is 1. The molecule has 2 aliphatic rings. The van der Waals surface area contributed by atoms with E-state index in [1.165, 1.54) is 27.0 Å². The lowest BCUT2D eigenvalue weighted by atomic mass is 10.2. The average molecular weight is 474 g/mol. The molecule has 0 spiro atoms. The van der Waals surface area contributed by atoms with E-state index in [9.17, 15) is 13.2 Å². The molecule has 5 rings (SSSR count). The van der Waals surface area contributed by atoms with Crippen LogP contribution in [0.5, 0.6) is 0 Å². The highest BCUT2D eigenvalue weighted by Crippen LogP contribution is 2.32. The Morgan fingerprint density at radius 2 is 1.87 bits per heavy atom. The number of nitrogens with zero attached hydrogens (tertiary/aromatic N) is 3. The van der Waals surface area contributed by atoms with E-state index in [2.05, 4.69) is 21.8 Å². The van der Waals surface area contributed by atoms with Crippen LogP contribution in [-0.4, -0.2) is 54.7 Å². The summed E-state index contributed by atoms with van der Waals surface area (Å²) in [7, 11) is -3.63. The van der Waals surface area contributed by atoms with Crippen LogP contribution < -0.4 is 10.9 Å². The van der Waals surface area contributed by atoms with Crippen LogP contribution in [0.15, 0.2) is 28.5 Å². The second-order valence-electron chi connectivity index (χ2n) is 7.25. The Morgan fingerprint density at radius 3 is 2.61 bits per heavy atom. The van der Waals surface area contributed by atoms with Crippen molar-refractivity contribution >= 4 is 48.7 Å². The molecule has 11 heteroatoms. The third kappa shape index (κ3) is 3.76. The predicted octanol–water partition coefficient (Wildman–Crippen LogP) is 1.59. The second-order valence-corrected chi connectivity index (χ2v) is 11.6. The van der Waals surface area contributed by atoms with Crippen molar-refractivity contribution in [1.82, 2.24) is 25.0 Å². The summed E-state index contributed by atoms with van der Waals surface area (Å²) in [4.78, 5) is 20.1. The molecule has 1 saturated heterocycles. The van der Waals surface area contributed by atoms with Gasteiger partial charge in [0.1, 0.15) is 4.21 Å². The first-order chi connectivity index (χ1) is 15.0. The third-order valence-electron chi connectivity index (χ3n) is 5.38. The van der Waals surface area contributed by atoms with Crippen LogP contribution in [0.1, 0.15) is 25.9 Å². The van der Waals surface area contributed by atoms with Gasteiger partial charge in [0.15, 0.2) is 5.01 Å². The van der Waals surface area contributed by atoms with Crippen molar-refractivity contribution in [2.24, 2.45) is 0 Å². The Labute approximate surface area is 187 Å². The summed E-state index contributed by atoms with van der Waals surface area (Å²) < 4.78 is 28.9. The van der Waals surface area contributed by atoms with Gasteiger partial charge in [-0.05, 0) is 23.6 Å². The monoisotopic (exact) mass is 473 g/mol. The first kappa shape index (κ1) is 20.6. The van der Waals surface area contributed by atoms with Crippen LogP contribution in [-0.2, 0) is 23.1 Å². The third-order valence-corrected chi connectivity index (χ3v) is 9.91. The molecule has 0 aliphatic carbocycles. The fourth-order valence-corrected chi connectivity index (χ4v) is 7.66. The SMILES string of the molecule is C#Cc1ccc2cc(S(=O)(=O)N3CCN(C(=O)c4nc5c(s4)CNNC5)CC3)sc2c1. The minimum Gasteiger partial charge on any atom is -0.334 e. The molecule has 8 nitrogen and oxygen atoms in total. The standard InChI is InChI=1S/C20H19N5O3S3/c1-2-13-3-4-14-10-18(29-16(14)9-13)31(27,28)25-7-5-24(6-8-25)20(26)19-23-15-11-21-22-12-17(15)30-19/h1,3-4,9-10,21-22H,5-8,11-12H2. The maximum atomic E-state index is 13.2. The van der Waals surface area contributed by atoms with Crippen LogP contribution in [0.4, 0.5) is 0 Å². The molecule has 2 N–H and O–H groups in total. The van der Waals surface area contributed by atoms with E-state index in [1.807, 2.05) is 12.1 Å². The highest BCUT2D eigenvalue weighted by molar-refractivity contribution is 7.91. The second kappa shape index (κ2) is 7.98. The highest BCUT2D eigenvalue weighted by Gasteiger charge is 2.32. The van der Waals surface area contributed by atoms with E-state index in [-0.39, 0.29) is 19.0 Å². The number of nitrogens with one attached hydrogen (secondary N) is 2. The van der Waals surface area contributed by atoms with Gasteiger partial charge in [-0.3, -0.25) is 15.6 Å². The van der Waals surface area contributed by atoms with Crippen molar-refractivity contribution in [3.63, 3.8) is 0 Å². The average Bonchev–Trinajstić information content (AvgIpc) is 3.42. The molecule has 0 saturated carbocycles. The maximum absolute atomic E-state index is 13.2. The molecule has 0 unspecified atom stereocenters. The fourth-order valence-electron chi connectivity index (χ4n) is 3.66. The molecule has 2 aliphatic heterocycles. The smallest absolute Gasteiger partial charge is 0.282 e. The summed E-state index contributed by atoms with van der Waals surface area (Å²) in [5, 5.41) is 1.31. The number of carbonyl (C=O) groups excluding carboxylic acids is 1.